The monoisotopic (exact) mass is 280 g/mol. The third kappa shape index (κ3) is 2.65. The summed E-state index contributed by atoms with van der Waals surface area (Å²) in [5.41, 5.74) is 2.23. The number of carbonyl (C=O) groups excluding carboxylic acids is 1. The van der Waals surface area contributed by atoms with Crippen LogP contribution in [-0.4, -0.2) is 21.6 Å². The van der Waals surface area contributed by atoms with Crippen LogP contribution in [0.25, 0.3) is 11.0 Å². The lowest BCUT2D eigenvalue weighted by Gasteiger charge is -2.10. The van der Waals surface area contributed by atoms with Crippen LogP contribution in [0.1, 0.15) is 24.2 Å². The zero-order valence-electron chi connectivity index (χ0n) is 12.0. The van der Waals surface area contributed by atoms with Crippen LogP contribution in [0.2, 0.25) is 0 Å². The lowest BCUT2D eigenvalue weighted by atomic mass is 10.2. The zero-order valence-corrected chi connectivity index (χ0v) is 12.0. The number of hydrogen-bond donors (Lipinski definition) is 0. The fourth-order valence-corrected chi connectivity index (χ4v) is 2.21. The van der Waals surface area contributed by atoms with Crippen molar-refractivity contribution in [1.29, 1.82) is 0 Å². The van der Waals surface area contributed by atoms with Gasteiger partial charge in [0.1, 0.15) is 12.1 Å². The number of imidazole rings is 1. The SMILES string of the molecule is CC(C)Oc1ccc(C(=O)n2cnc3ccccc32)cc1. The third-order valence-corrected chi connectivity index (χ3v) is 3.15. The minimum Gasteiger partial charge on any atom is -0.491 e. The molecule has 106 valence electrons. The highest BCUT2D eigenvalue weighted by Gasteiger charge is 2.12. The Bertz CT molecular complexity index is 773. The van der Waals surface area contributed by atoms with Crippen molar-refractivity contribution in [1.82, 2.24) is 9.55 Å². The van der Waals surface area contributed by atoms with E-state index in [2.05, 4.69) is 4.98 Å². The summed E-state index contributed by atoms with van der Waals surface area (Å²) in [7, 11) is 0. The molecule has 0 N–H and O–H groups in total. The van der Waals surface area contributed by atoms with Crippen LogP contribution in [0.3, 0.4) is 0 Å². The molecule has 0 saturated carbocycles. The maximum atomic E-state index is 12.5. The standard InChI is InChI=1S/C17H16N2O2/c1-12(2)21-14-9-7-13(8-10-14)17(20)19-11-18-15-5-3-4-6-16(15)19/h3-12H,1-2H3. The van der Waals surface area contributed by atoms with E-state index in [1.807, 2.05) is 50.2 Å². The fourth-order valence-electron chi connectivity index (χ4n) is 2.21. The van der Waals surface area contributed by atoms with Crippen LogP contribution in [0, 0.1) is 0 Å². The van der Waals surface area contributed by atoms with E-state index >= 15 is 0 Å². The molecular weight excluding hydrogens is 264 g/mol. The Morgan fingerprint density at radius 2 is 1.81 bits per heavy atom. The van der Waals surface area contributed by atoms with Crippen molar-refractivity contribution in [2.24, 2.45) is 0 Å². The highest BCUT2D eigenvalue weighted by Crippen LogP contribution is 2.17. The molecule has 0 aliphatic rings. The lowest BCUT2D eigenvalue weighted by Crippen LogP contribution is -2.11. The van der Waals surface area contributed by atoms with Gasteiger partial charge in [-0.15, -0.1) is 0 Å². The van der Waals surface area contributed by atoms with Crippen LogP contribution < -0.4 is 4.74 Å². The molecule has 0 radical (unpaired) electrons. The van der Waals surface area contributed by atoms with Gasteiger partial charge in [0.2, 0.25) is 0 Å². The molecule has 0 unspecified atom stereocenters. The number of aromatic nitrogens is 2. The van der Waals surface area contributed by atoms with E-state index in [4.69, 9.17) is 4.74 Å². The summed E-state index contributed by atoms with van der Waals surface area (Å²) in [5.74, 6) is 0.664. The smallest absolute Gasteiger partial charge is 0.263 e. The molecule has 0 saturated heterocycles. The normalized spacial score (nSPS) is 11.0. The number of fused-ring (bicyclic) bond motifs is 1. The Morgan fingerprint density at radius 3 is 2.52 bits per heavy atom. The predicted octanol–water partition coefficient (Wildman–Crippen LogP) is 3.51. The van der Waals surface area contributed by atoms with Crippen molar-refractivity contribution in [3.8, 4) is 5.75 Å². The number of nitrogens with zero attached hydrogens (tertiary/aromatic N) is 2. The van der Waals surface area contributed by atoms with Crippen molar-refractivity contribution in [3.63, 3.8) is 0 Å². The summed E-state index contributed by atoms with van der Waals surface area (Å²) in [6.45, 7) is 3.94. The Hall–Kier alpha value is -2.62. The quantitative estimate of drug-likeness (QED) is 0.737. The first kappa shape index (κ1) is 13.4. The number of rotatable bonds is 3. The molecule has 21 heavy (non-hydrogen) atoms. The number of para-hydroxylation sites is 2. The Morgan fingerprint density at radius 1 is 1.10 bits per heavy atom. The van der Waals surface area contributed by atoms with E-state index in [9.17, 15) is 4.79 Å². The molecule has 3 aromatic rings. The second kappa shape index (κ2) is 5.40. The Balaban J connectivity index is 1.91. The number of ether oxygens (including phenoxy) is 1. The molecule has 0 aliphatic heterocycles. The second-order valence-electron chi connectivity index (χ2n) is 5.10. The summed E-state index contributed by atoms with van der Waals surface area (Å²) >= 11 is 0. The molecule has 0 fully saturated rings. The molecule has 4 heteroatoms. The third-order valence-electron chi connectivity index (χ3n) is 3.15. The van der Waals surface area contributed by atoms with Gasteiger partial charge in [0.05, 0.1) is 17.1 Å². The van der Waals surface area contributed by atoms with E-state index in [1.54, 1.807) is 23.0 Å². The lowest BCUT2D eigenvalue weighted by molar-refractivity contribution is 0.0964. The Labute approximate surface area is 123 Å². The second-order valence-corrected chi connectivity index (χ2v) is 5.10. The zero-order chi connectivity index (χ0) is 14.8. The van der Waals surface area contributed by atoms with Crippen molar-refractivity contribution in [2.45, 2.75) is 20.0 Å². The van der Waals surface area contributed by atoms with Gasteiger partial charge in [0, 0.05) is 5.56 Å². The van der Waals surface area contributed by atoms with Crippen LogP contribution >= 0.6 is 0 Å². The molecule has 4 nitrogen and oxygen atoms in total. The number of benzene rings is 2. The van der Waals surface area contributed by atoms with Gasteiger partial charge in [-0.05, 0) is 50.2 Å². The van der Waals surface area contributed by atoms with Gasteiger partial charge >= 0.3 is 0 Å². The average molecular weight is 280 g/mol. The van der Waals surface area contributed by atoms with Crippen LogP contribution in [-0.2, 0) is 0 Å². The largest absolute Gasteiger partial charge is 0.491 e. The van der Waals surface area contributed by atoms with Crippen LogP contribution in [0.5, 0.6) is 5.75 Å². The van der Waals surface area contributed by atoms with Gasteiger partial charge in [0.25, 0.3) is 5.91 Å². The van der Waals surface area contributed by atoms with Crippen molar-refractivity contribution in [3.05, 3.63) is 60.4 Å². The first-order valence-corrected chi connectivity index (χ1v) is 6.88. The van der Waals surface area contributed by atoms with Gasteiger partial charge in [0.15, 0.2) is 0 Å². The van der Waals surface area contributed by atoms with Gasteiger partial charge < -0.3 is 4.74 Å². The molecule has 0 spiro atoms. The van der Waals surface area contributed by atoms with E-state index in [-0.39, 0.29) is 12.0 Å². The summed E-state index contributed by atoms with van der Waals surface area (Å²) in [6.07, 6.45) is 1.68. The minimum absolute atomic E-state index is 0.0974. The van der Waals surface area contributed by atoms with E-state index in [0.717, 1.165) is 16.8 Å². The molecule has 0 amide bonds. The predicted molar refractivity (Wildman–Crippen MR) is 81.7 cm³/mol. The van der Waals surface area contributed by atoms with E-state index in [1.165, 1.54) is 0 Å². The van der Waals surface area contributed by atoms with Gasteiger partial charge in [-0.3, -0.25) is 9.36 Å². The van der Waals surface area contributed by atoms with Crippen molar-refractivity contribution < 1.29 is 9.53 Å². The summed E-state index contributed by atoms with van der Waals surface area (Å²) in [6, 6.07) is 14.7. The molecule has 1 heterocycles. The van der Waals surface area contributed by atoms with E-state index < -0.39 is 0 Å². The first-order chi connectivity index (χ1) is 10.1. The molecule has 0 aliphatic carbocycles. The summed E-state index contributed by atoms with van der Waals surface area (Å²) in [5, 5.41) is 0. The van der Waals surface area contributed by atoms with Gasteiger partial charge in [-0.25, -0.2) is 4.98 Å². The maximum Gasteiger partial charge on any atom is 0.263 e. The molecule has 0 bridgehead atoms. The van der Waals surface area contributed by atoms with Crippen LogP contribution in [0.4, 0.5) is 0 Å². The van der Waals surface area contributed by atoms with Crippen molar-refractivity contribution >= 4 is 16.9 Å². The van der Waals surface area contributed by atoms with E-state index in [0.29, 0.717) is 5.56 Å². The van der Waals surface area contributed by atoms with Gasteiger partial charge in [-0.2, -0.15) is 0 Å². The molecule has 3 rings (SSSR count). The summed E-state index contributed by atoms with van der Waals surface area (Å²) in [4.78, 5) is 16.8. The Kier molecular flexibility index (Phi) is 3.44. The van der Waals surface area contributed by atoms with Crippen molar-refractivity contribution in [2.75, 3.05) is 0 Å². The number of carbonyl (C=O) groups is 1. The topological polar surface area (TPSA) is 44.1 Å². The fraction of sp³-hybridized carbons (Fsp3) is 0.176. The number of hydrogen-bond acceptors (Lipinski definition) is 3. The maximum absolute atomic E-state index is 12.5. The molecule has 1 aromatic heterocycles. The molecule has 2 aromatic carbocycles. The average Bonchev–Trinajstić information content (AvgIpc) is 2.90. The molecule has 0 atom stereocenters. The minimum atomic E-state index is -0.0974. The highest BCUT2D eigenvalue weighted by molar-refractivity contribution is 6.01. The summed E-state index contributed by atoms with van der Waals surface area (Å²) < 4.78 is 7.14. The van der Waals surface area contributed by atoms with Crippen LogP contribution in [0.15, 0.2) is 54.9 Å². The van der Waals surface area contributed by atoms with Gasteiger partial charge in [-0.1, -0.05) is 12.1 Å². The first-order valence-electron chi connectivity index (χ1n) is 6.88. The molecular formula is C17H16N2O2. The highest BCUT2D eigenvalue weighted by atomic mass is 16.5.